The first-order chi connectivity index (χ1) is 8.58. The van der Waals surface area contributed by atoms with Gasteiger partial charge in [-0.3, -0.25) is 5.43 Å². The molecule has 0 amide bonds. The minimum absolute atomic E-state index is 0.257. The molecule has 0 aromatic rings. The van der Waals surface area contributed by atoms with Crippen LogP contribution in [-0.4, -0.2) is 54.5 Å². The number of hydrogen-bond acceptors (Lipinski definition) is 3. The van der Waals surface area contributed by atoms with E-state index in [-0.39, 0.29) is 6.04 Å². The Morgan fingerprint density at radius 2 is 1.72 bits per heavy atom. The average Bonchev–Trinajstić information content (AvgIpc) is 2.36. The molecule has 0 aromatic heterocycles. The molecule has 0 aromatic carbocycles. The van der Waals surface area contributed by atoms with E-state index >= 15 is 0 Å². The van der Waals surface area contributed by atoms with Crippen molar-refractivity contribution in [1.82, 2.24) is 15.2 Å². The van der Waals surface area contributed by atoms with E-state index in [1.54, 1.807) is 0 Å². The summed E-state index contributed by atoms with van der Waals surface area (Å²) in [4.78, 5) is 9.13. The third kappa shape index (κ3) is 6.81. The second-order valence-corrected chi connectivity index (χ2v) is 4.65. The van der Waals surface area contributed by atoms with Crippen LogP contribution in [0.5, 0.6) is 0 Å². The summed E-state index contributed by atoms with van der Waals surface area (Å²) in [6.45, 7) is 15.9. The van der Waals surface area contributed by atoms with Crippen molar-refractivity contribution in [3.63, 3.8) is 0 Å². The lowest BCUT2D eigenvalue weighted by molar-refractivity contribution is 0.282. The summed E-state index contributed by atoms with van der Waals surface area (Å²) in [5.41, 5.74) is 2.71. The van der Waals surface area contributed by atoms with Crippen molar-refractivity contribution in [2.75, 3.05) is 32.7 Å². The molecule has 0 spiro atoms. The molecule has 0 rings (SSSR count). The van der Waals surface area contributed by atoms with Crippen molar-refractivity contribution in [1.29, 1.82) is 0 Å². The lowest BCUT2D eigenvalue weighted by Gasteiger charge is -2.26. The van der Waals surface area contributed by atoms with Gasteiger partial charge in [0.15, 0.2) is 0 Å². The Labute approximate surface area is 112 Å². The molecule has 0 heterocycles. The summed E-state index contributed by atoms with van der Waals surface area (Å²) < 4.78 is 0. The highest BCUT2D eigenvalue weighted by Crippen LogP contribution is 1.98. The molecule has 0 fully saturated rings. The van der Waals surface area contributed by atoms with Crippen molar-refractivity contribution < 1.29 is 0 Å². The van der Waals surface area contributed by atoms with Gasteiger partial charge < -0.3 is 9.80 Å². The third-order valence-electron chi connectivity index (χ3n) is 2.99. The Morgan fingerprint density at radius 3 is 2.11 bits per heavy atom. The first kappa shape index (κ1) is 17.2. The number of aliphatic imine (C=N–C) groups is 1. The predicted octanol–water partition coefficient (Wildman–Crippen LogP) is 1.27. The molecule has 0 aliphatic carbocycles. The lowest BCUT2D eigenvalue weighted by atomic mass is 10.3. The van der Waals surface area contributed by atoms with Crippen LogP contribution in [0, 0.1) is 0 Å². The van der Waals surface area contributed by atoms with Gasteiger partial charge in [-0.1, -0.05) is 13.8 Å². The van der Waals surface area contributed by atoms with Gasteiger partial charge in [-0.2, -0.15) is 0 Å². The smallest absolute Gasteiger partial charge is 0.208 e. The highest BCUT2D eigenvalue weighted by Gasteiger charge is 2.09. The molecular formula is C13H31N5. The molecular weight excluding hydrogens is 226 g/mol. The lowest BCUT2D eigenvalue weighted by Crippen LogP contribution is -2.46. The minimum atomic E-state index is 0.257. The van der Waals surface area contributed by atoms with Gasteiger partial charge in [0.25, 0.3) is 0 Å². The molecule has 5 heteroatoms. The molecule has 18 heavy (non-hydrogen) atoms. The molecule has 3 N–H and O–H groups in total. The quantitative estimate of drug-likeness (QED) is 0.297. The van der Waals surface area contributed by atoms with Gasteiger partial charge in [0.1, 0.15) is 0 Å². The van der Waals surface area contributed by atoms with Crippen LogP contribution in [0.15, 0.2) is 4.99 Å². The van der Waals surface area contributed by atoms with Crippen LogP contribution in [0.3, 0.4) is 0 Å². The normalized spacial score (nSPS) is 12.3. The van der Waals surface area contributed by atoms with Crippen LogP contribution in [0.1, 0.15) is 41.0 Å². The Morgan fingerprint density at radius 1 is 1.11 bits per heavy atom. The molecule has 0 aliphatic rings. The first-order valence-electron chi connectivity index (χ1n) is 7.10. The fourth-order valence-corrected chi connectivity index (χ4v) is 1.89. The van der Waals surface area contributed by atoms with Crippen LogP contribution in [0.2, 0.25) is 0 Å². The molecule has 0 saturated carbocycles. The fraction of sp³-hybridized carbons (Fsp3) is 0.923. The first-order valence-corrected chi connectivity index (χ1v) is 7.10. The van der Waals surface area contributed by atoms with Gasteiger partial charge in [0, 0.05) is 19.1 Å². The van der Waals surface area contributed by atoms with Crippen LogP contribution < -0.4 is 11.3 Å². The summed E-state index contributed by atoms with van der Waals surface area (Å²) in [6, 6.07) is 0.257. The van der Waals surface area contributed by atoms with Gasteiger partial charge in [-0.05, 0) is 46.8 Å². The van der Waals surface area contributed by atoms with Crippen LogP contribution in [0.4, 0.5) is 0 Å². The van der Waals surface area contributed by atoms with E-state index < -0.39 is 0 Å². The van der Waals surface area contributed by atoms with Crippen LogP contribution in [-0.2, 0) is 0 Å². The van der Waals surface area contributed by atoms with E-state index in [2.05, 4.69) is 54.8 Å². The second-order valence-electron chi connectivity index (χ2n) is 4.65. The Hall–Kier alpha value is -0.810. The predicted molar refractivity (Wildman–Crippen MR) is 79.5 cm³/mol. The topological polar surface area (TPSA) is 56.9 Å². The van der Waals surface area contributed by atoms with Crippen LogP contribution >= 0.6 is 0 Å². The molecule has 108 valence electrons. The van der Waals surface area contributed by atoms with Gasteiger partial charge in [-0.25, -0.2) is 10.8 Å². The Kier molecular flexibility index (Phi) is 9.69. The summed E-state index contributed by atoms with van der Waals surface area (Å²) in [7, 11) is 0. The van der Waals surface area contributed by atoms with Crippen LogP contribution in [0.25, 0.3) is 0 Å². The minimum Gasteiger partial charge on any atom is -0.342 e. The SMILES string of the molecule is CCN(CC)CCCN(CC)C(=NC(C)C)NN. The van der Waals surface area contributed by atoms with E-state index in [1.807, 2.05) is 0 Å². The standard InChI is InChI=1S/C13H31N5/c1-6-17(7-2)10-9-11-18(8-3)13(16-14)15-12(4)5/h12H,6-11,14H2,1-5H3,(H,15,16). The summed E-state index contributed by atoms with van der Waals surface area (Å²) in [6.07, 6.45) is 1.13. The summed E-state index contributed by atoms with van der Waals surface area (Å²) in [5.74, 6) is 6.35. The maximum atomic E-state index is 5.55. The van der Waals surface area contributed by atoms with Gasteiger partial charge in [0.05, 0.1) is 0 Å². The van der Waals surface area contributed by atoms with Gasteiger partial charge in [0.2, 0.25) is 5.96 Å². The fourth-order valence-electron chi connectivity index (χ4n) is 1.89. The van der Waals surface area contributed by atoms with Gasteiger partial charge in [-0.15, -0.1) is 0 Å². The third-order valence-corrected chi connectivity index (χ3v) is 2.99. The second kappa shape index (κ2) is 10.1. The number of nitrogens with one attached hydrogen (secondary N) is 1. The number of hydrogen-bond donors (Lipinski definition) is 2. The number of guanidine groups is 1. The maximum absolute atomic E-state index is 5.55. The maximum Gasteiger partial charge on any atom is 0.208 e. The van der Waals surface area contributed by atoms with Crippen molar-refractivity contribution in [3.05, 3.63) is 0 Å². The molecule has 0 saturated heterocycles. The highest BCUT2D eigenvalue weighted by molar-refractivity contribution is 5.79. The molecule has 0 radical (unpaired) electrons. The molecule has 0 aliphatic heterocycles. The molecule has 5 nitrogen and oxygen atoms in total. The Balaban J connectivity index is 4.24. The number of nitrogens with zero attached hydrogens (tertiary/aromatic N) is 3. The number of rotatable bonds is 8. The van der Waals surface area contributed by atoms with E-state index in [4.69, 9.17) is 5.84 Å². The summed E-state index contributed by atoms with van der Waals surface area (Å²) in [5, 5.41) is 0. The van der Waals surface area contributed by atoms with E-state index in [0.717, 1.165) is 45.1 Å². The molecule has 0 atom stereocenters. The monoisotopic (exact) mass is 257 g/mol. The average molecular weight is 257 g/mol. The Bertz CT molecular complexity index is 223. The van der Waals surface area contributed by atoms with Crippen molar-refractivity contribution in [2.45, 2.75) is 47.1 Å². The van der Waals surface area contributed by atoms with Crippen molar-refractivity contribution >= 4 is 5.96 Å². The van der Waals surface area contributed by atoms with Crippen molar-refractivity contribution in [2.24, 2.45) is 10.8 Å². The zero-order valence-electron chi connectivity index (χ0n) is 12.7. The highest BCUT2D eigenvalue weighted by atomic mass is 15.4. The van der Waals surface area contributed by atoms with E-state index in [9.17, 15) is 0 Å². The zero-order chi connectivity index (χ0) is 14.0. The summed E-state index contributed by atoms with van der Waals surface area (Å²) >= 11 is 0. The zero-order valence-corrected chi connectivity index (χ0v) is 12.7. The van der Waals surface area contributed by atoms with Gasteiger partial charge >= 0.3 is 0 Å². The number of hydrazine groups is 1. The van der Waals surface area contributed by atoms with E-state index in [0.29, 0.717) is 0 Å². The van der Waals surface area contributed by atoms with Crippen molar-refractivity contribution in [3.8, 4) is 0 Å². The molecule has 0 bridgehead atoms. The van der Waals surface area contributed by atoms with E-state index in [1.165, 1.54) is 0 Å². The largest absolute Gasteiger partial charge is 0.342 e. The number of nitrogens with two attached hydrogens (primary N) is 1. The molecule has 0 unspecified atom stereocenters.